The molecule has 1 aromatic heterocycles. The van der Waals surface area contributed by atoms with Crippen LogP contribution in [0.3, 0.4) is 0 Å². The lowest BCUT2D eigenvalue weighted by Gasteiger charge is -2.25. The van der Waals surface area contributed by atoms with Gasteiger partial charge in [-0.1, -0.05) is 35.9 Å². The molecule has 0 spiro atoms. The first-order valence-electron chi connectivity index (χ1n) is 10.1. The number of carbonyl (C=O) groups excluding carboxylic acids is 2. The third-order valence-electron chi connectivity index (χ3n) is 4.55. The largest absolute Gasteiger partial charge is 0.508 e. The zero-order valence-corrected chi connectivity index (χ0v) is 19.5. The van der Waals surface area contributed by atoms with Crippen molar-refractivity contribution in [2.75, 3.05) is 7.11 Å². The average Bonchev–Trinajstić information content (AvgIpc) is 3.19. The number of rotatable bonds is 5. The molecule has 3 rings (SSSR count). The monoisotopic (exact) mass is 472 g/mol. The quantitative estimate of drug-likeness (QED) is 0.521. The minimum atomic E-state index is -0.806. The van der Waals surface area contributed by atoms with Crippen LogP contribution in [0.25, 0.3) is 0 Å². The first-order chi connectivity index (χ1) is 15.6. The predicted octanol–water partition coefficient (Wildman–Crippen LogP) is 4.70. The van der Waals surface area contributed by atoms with Crippen LogP contribution >= 0.6 is 11.6 Å². The second kappa shape index (κ2) is 9.83. The molecule has 0 aliphatic carbocycles. The maximum atomic E-state index is 13.4. The van der Waals surface area contributed by atoms with Gasteiger partial charge in [-0.15, -0.1) is 0 Å². The number of hydrogen-bond donors (Lipinski definition) is 2. The van der Waals surface area contributed by atoms with Crippen LogP contribution < -0.4 is 10.2 Å². The van der Waals surface area contributed by atoms with Crippen molar-refractivity contribution in [2.24, 2.45) is 0 Å². The van der Waals surface area contributed by atoms with E-state index in [1.807, 2.05) is 39.0 Å². The van der Waals surface area contributed by atoms with Crippen LogP contribution in [-0.2, 0) is 16.8 Å². The van der Waals surface area contributed by atoms with Gasteiger partial charge in [0.1, 0.15) is 11.5 Å². The summed E-state index contributed by atoms with van der Waals surface area (Å²) in [7, 11) is 1.20. The Morgan fingerprint density at radius 2 is 1.88 bits per heavy atom. The molecule has 0 radical (unpaired) electrons. The van der Waals surface area contributed by atoms with E-state index in [0.29, 0.717) is 11.3 Å². The number of carbonyl (C=O) groups is 2. The maximum Gasteiger partial charge on any atom is 0.428 e. The third kappa shape index (κ3) is 5.75. The summed E-state index contributed by atoms with van der Waals surface area (Å²) < 4.78 is 12.2. The Morgan fingerprint density at radius 3 is 2.48 bits per heavy atom. The van der Waals surface area contributed by atoms with Crippen molar-refractivity contribution in [3.63, 3.8) is 0 Å². The molecule has 2 aromatic carbocycles. The van der Waals surface area contributed by atoms with Crippen LogP contribution in [0, 0.1) is 0 Å². The van der Waals surface area contributed by atoms with E-state index in [1.165, 1.54) is 30.1 Å². The number of methoxy groups -OCH3 is 1. The van der Waals surface area contributed by atoms with Crippen LogP contribution in [0.1, 0.15) is 36.8 Å². The Morgan fingerprint density at radius 1 is 1.18 bits per heavy atom. The zero-order chi connectivity index (χ0) is 24.2. The molecular formula is C23H25ClN4O5. The molecule has 0 fully saturated rings. The molecule has 33 heavy (non-hydrogen) atoms. The number of hydrazine groups is 1. The standard InChI is InChI=1S/C23H25ClN4O5/c1-23(2,3)28-20(19(13-25-28)33-17-8-6-5-7-9-17)21(30)26-27(22(31)32-4)14-15-10-11-16(29)12-18(15)24/h5-13,29H,14H2,1-4H3,(H,26,30). The summed E-state index contributed by atoms with van der Waals surface area (Å²) in [4.78, 5) is 25.8. The summed E-state index contributed by atoms with van der Waals surface area (Å²) in [5, 5.41) is 15.1. The summed E-state index contributed by atoms with van der Waals surface area (Å²) >= 11 is 6.17. The number of hydrogen-bond acceptors (Lipinski definition) is 6. The lowest BCUT2D eigenvalue weighted by atomic mass is 10.1. The highest BCUT2D eigenvalue weighted by Crippen LogP contribution is 2.29. The maximum absolute atomic E-state index is 13.4. The first-order valence-corrected chi connectivity index (χ1v) is 10.4. The van der Waals surface area contributed by atoms with E-state index >= 15 is 0 Å². The van der Waals surface area contributed by atoms with Gasteiger partial charge in [-0.2, -0.15) is 5.10 Å². The Balaban J connectivity index is 1.94. The van der Waals surface area contributed by atoms with Crippen molar-refractivity contribution in [1.29, 1.82) is 0 Å². The summed E-state index contributed by atoms with van der Waals surface area (Å²) in [5.74, 6) is 0.102. The fourth-order valence-corrected chi connectivity index (χ4v) is 3.25. The zero-order valence-electron chi connectivity index (χ0n) is 18.7. The summed E-state index contributed by atoms with van der Waals surface area (Å²) in [5.41, 5.74) is 2.62. The highest BCUT2D eigenvalue weighted by molar-refractivity contribution is 6.31. The fourth-order valence-electron chi connectivity index (χ4n) is 3.01. The van der Waals surface area contributed by atoms with E-state index in [0.717, 1.165) is 5.01 Å². The SMILES string of the molecule is COC(=O)N(Cc1ccc(O)cc1Cl)NC(=O)c1c(Oc2ccccc2)cnn1C(C)(C)C. The summed E-state index contributed by atoms with van der Waals surface area (Å²) in [6.07, 6.45) is 0.645. The molecular weight excluding hydrogens is 448 g/mol. The van der Waals surface area contributed by atoms with Gasteiger partial charge in [0.25, 0.3) is 5.91 Å². The Labute approximate surface area is 196 Å². The number of aromatic nitrogens is 2. The number of ether oxygens (including phenoxy) is 2. The van der Waals surface area contributed by atoms with Crippen molar-refractivity contribution < 1.29 is 24.2 Å². The fraction of sp³-hybridized carbons (Fsp3) is 0.261. The predicted molar refractivity (Wildman–Crippen MR) is 122 cm³/mol. The number of phenolic OH excluding ortho intramolecular Hbond substituents is 1. The Bertz CT molecular complexity index is 1140. The highest BCUT2D eigenvalue weighted by Gasteiger charge is 2.29. The van der Waals surface area contributed by atoms with Crippen LogP contribution in [0.5, 0.6) is 17.2 Å². The minimum Gasteiger partial charge on any atom is -0.508 e. The normalized spacial score (nSPS) is 11.1. The molecule has 0 bridgehead atoms. The average molecular weight is 473 g/mol. The van der Waals surface area contributed by atoms with Gasteiger partial charge in [0.05, 0.1) is 25.4 Å². The van der Waals surface area contributed by atoms with E-state index in [4.69, 9.17) is 21.1 Å². The van der Waals surface area contributed by atoms with Crippen LogP contribution in [0.15, 0.2) is 54.7 Å². The number of aromatic hydroxyl groups is 1. The molecule has 0 aliphatic rings. The van der Waals surface area contributed by atoms with Crippen LogP contribution in [0.2, 0.25) is 5.02 Å². The van der Waals surface area contributed by atoms with E-state index < -0.39 is 17.5 Å². The molecule has 9 nitrogen and oxygen atoms in total. The Hall–Kier alpha value is -3.72. The van der Waals surface area contributed by atoms with Gasteiger partial charge < -0.3 is 14.6 Å². The van der Waals surface area contributed by atoms with Crippen molar-refractivity contribution in [1.82, 2.24) is 20.2 Å². The highest BCUT2D eigenvalue weighted by atomic mass is 35.5. The number of phenols is 1. The number of halogens is 1. The minimum absolute atomic E-state index is 0.0193. The van der Waals surface area contributed by atoms with Crippen LogP contribution in [0.4, 0.5) is 4.79 Å². The van der Waals surface area contributed by atoms with E-state index in [-0.39, 0.29) is 28.8 Å². The van der Waals surface area contributed by atoms with Crippen molar-refractivity contribution in [2.45, 2.75) is 32.9 Å². The number of para-hydroxylation sites is 1. The van der Waals surface area contributed by atoms with Crippen LogP contribution in [-0.4, -0.2) is 39.0 Å². The second-order valence-electron chi connectivity index (χ2n) is 8.13. The molecule has 2 amide bonds. The molecule has 0 atom stereocenters. The van der Waals surface area contributed by atoms with Crippen molar-refractivity contribution >= 4 is 23.6 Å². The number of nitrogens with zero attached hydrogens (tertiary/aromatic N) is 3. The molecule has 174 valence electrons. The van der Waals surface area contributed by atoms with Gasteiger partial charge in [-0.05, 0) is 50.6 Å². The molecule has 1 heterocycles. The van der Waals surface area contributed by atoms with Gasteiger partial charge in [-0.25, -0.2) is 9.80 Å². The first kappa shape index (κ1) is 23.9. The van der Waals surface area contributed by atoms with Crippen molar-refractivity contribution in [3.8, 4) is 17.2 Å². The smallest absolute Gasteiger partial charge is 0.428 e. The number of nitrogens with one attached hydrogen (secondary N) is 1. The molecule has 2 N–H and O–H groups in total. The lowest BCUT2D eigenvalue weighted by molar-refractivity contribution is 0.0674. The molecule has 10 heteroatoms. The van der Waals surface area contributed by atoms with E-state index in [1.54, 1.807) is 18.2 Å². The van der Waals surface area contributed by atoms with Gasteiger partial charge in [0.15, 0.2) is 11.4 Å². The van der Waals surface area contributed by atoms with E-state index in [9.17, 15) is 14.7 Å². The summed E-state index contributed by atoms with van der Waals surface area (Å²) in [6.45, 7) is 5.56. The Kier molecular flexibility index (Phi) is 7.13. The molecule has 3 aromatic rings. The van der Waals surface area contributed by atoms with Gasteiger partial charge in [0.2, 0.25) is 0 Å². The van der Waals surface area contributed by atoms with E-state index in [2.05, 4.69) is 10.5 Å². The van der Waals surface area contributed by atoms with Crippen molar-refractivity contribution in [3.05, 3.63) is 71.0 Å². The third-order valence-corrected chi connectivity index (χ3v) is 4.91. The lowest BCUT2D eigenvalue weighted by Crippen LogP contribution is -2.47. The topological polar surface area (TPSA) is 106 Å². The van der Waals surface area contributed by atoms with Gasteiger partial charge in [0, 0.05) is 5.02 Å². The van der Waals surface area contributed by atoms with Gasteiger partial charge >= 0.3 is 6.09 Å². The van der Waals surface area contributed by atoms with Gasteiger partial charge in [-0.3, -0.25) is 14.9 Å². The molecule has 0 unspecified atom stereocenters. The number of benzene rings is 2. The summed E-state index contributed by atoms with van der Waals surface area (Å²) in [6, 6.07) is 13.3. The second-order valence-corrected chi connectivity index (χ2v) is 8.54. The molecule has 0 saturated heterocycles. The molecule has 0 saturated carbocycles. The molecule has 0 aliphatic heterocycles. The number of amides is 2.